The molecule has 1 rings (SSSR count). The Morgan fingerprint density at radius 2 is 2.00 bits per heavy atom. The van der Waals surface area contributed by atoms with E-state index in [1.807, 2.05) is 44.2 Å². The highest BCUT2D eigenvalue weighted by Crippen LogP contribution is 2.08. The van der Waals surface area contributed by atoms with E-state index in [9.17, 15) is 4.79 Å². The van der Waals surface area contributed by atoms with Crippen molar-refractivity contribution in [2.24, 2.45) is 11.7 Å². The van der Waals surface area contributed by atoms with Crippen LogP contribution in [0.1, 0.15) is 20.3 Å². The number of carbonyl (C=O) groups excluding carboxylic acids is 1. The Morgan fingerprint density at radius 1 is 1.33 bits per heavy atom. The summed E-state index contributed by atoms with van der Waals surface area (Å²) in [6, 6.07) is 9.42. The highest BCUT2D eigenvalue weighted by molar-refractivity contribution is 5.80. The zero-order valence-electron chi connectivity index (χ0n) is 11.1. The Kier molecular flexibility index (Phi) is 6.22. The topological polar surface area (TPSA) is 64.3 Å². The fourth-order valence-corrected chi connectivity index (χ4v) is 1.70. The summed E-state index contributed by atoms with van der Waals surface area (Å²) in [4.78, 5) is 11.2. The SMILES string of the molecule is CC(C)C(NCCCOc1ccccc1)C(N)=O. The molecule has 100 valence electrons. The average molecular weight is 250 g/mol. The Morgan fingerprint density at radius 3 is 2.56 bits per heavy atom. The minimum Gasteiger partial charge on any atom is -0.494 e. The number of amides is 1. The third kappa shape index (κ3) is 5.19. The third-order valence-corrected chi connectivity index (χ3v) is 2.67. The molecular formula is C14H22N2O2. The second kappa shape index (κ2) is 7.71. The number of ether oxygens (including phenoxy) is 1. The summed E-state index contributed by atoms with van der Waals surface area (Å²) in [6.45, 7) is 5.30. The van der Waals surface area contributed by atoms with Gasteiger partial charge in [-0.05, 0) is 31.0 Å². The van der Waals surface area contributed by atoms with E-state index in [-0.39, 0.29) is 17.9 Å². The summed E-state index contributed by atoms with van der Waals surface area (Å²) >= 11 is 0. The van der Waals surface area contributed by atoms with Gasteiger partial charge in [0.1, 0.15) is 5.75 Å². The Labute approximate surface area is 109 Å². The zero-order valence-corrected chi connectivity index (χ0v) is 11.1. The van der Waals surface area contributed by atoms with Gasteiger partial charge in [0.25, 0.3) is 0 Å². The van der Waals surface area contributed by atoms with E-state index in [1.54, 1.807) is 0 Å². The van der Waals surface area contributed by atoms with E-state index >= 15 is 0 Å². The van der Waals surface area contributed by atoms with Crippen molar-refractivity contribution in [1.82, 2.24) is 5.32 Å². The predicted molar refractivity (Wildman–Crippen MR) is 72.4 cm³/mol. The number of para-hydroxylation sites is 1. The maximum absolute atomic E-state index is 11.2. The lowest BCUT2D eigenvalue weighted by molar-refractivity contribution is -0.121. The van der Waals surface area contributed by atoms with Crippen LogP contribution in [0, 0.1) is 5.92 Å². The molecule has 0 aliphatic carbocycles. The highest BCUT2D eigenvalue weighted by Gasteiger charge is 2.17. The normalized spacial score (nSPS) is 12.4. The molecule has 4 nitrogen and oxygen atoms in total. The van der Waals surface area contributed by atoms with Crippen molar-refractivity contribution in [3.8, 4) is 5.75 Å². The first-order chi connectivity index (χ1) is 8.61. The van der Waals surface area contributed by atoms with Crippen molar-refractivity contribution in [2.45, 2.75) is 26.3 Å². The summed E-state index contributed by atoms with van der Waals surface area (Å²) in [6.07, 6.45) is 0.839. The van der Waals surface area contributed by atoms with Crippen molar-refractivity contribution in [3.63, 3.8) is 0 Å². The van der Waals surface area contributed by atoms with Crippen LogP contribution in [-0.2, 0) is 4.79 Å². The fraction of sp³-hybridized carbons (Fsp3) is 0.500. The van der Waals surface area contributed by atoms with Gasteiger partial charge < -0.3 is 15.8 Å². The number of rotatable bonds is 8. The van der Waals surface area contributed by atoms with E-state index in [0.29, 0.717) is 6.61 Å². The molecule has 1 aromatic carbocycles. The highest BCUT2D eigenvalue weighted by atomic mass is 16.5. The van der Waals surface area contributed by atoms with E-state index in [2.05, 4.69) is 5.32 Å². The quantitative estimate of drug-likeness (QED) is 0.688. The molecule has 1 aromatic rings. The number of hydrogen-bond donors (Lipinski definition) is 2. The second-order valence-corrected chi connectivity index (χ2v) is 4.59. The molecule has 1 unspecified atom stereocenters. The van der Waals surface area contributed by atoms with Gasteiger partial charge in [-0.25, -0.2) is 0 Å². The lowest BCUT2D eigenvalue weighted by atomic mass is 10.0. The van der Waals surface area contributed by atoms with Crippen LogP contribution in [0.5, 0.6) is 5.75 Å². The van der Waals surface area contributed by atoms with Crippen LogP contribution in [0.2, 0.25) is 0 Å². The summed E-state index contributed by atoms with van der Waals surface area (Å²) in [5.41, 5.74) is 5.31. The Balaban J connectivity index is 2.17. The minimum atomic E-state index is -0.297. The zero-order chi connectivity index (χ0) is 13.4. The Hall–Kier alpha value is -1.55. The molecule has 1 atom stereocenters. The molecule has 0 fully saturated rings. The number of primary amides is 1. The summed E-state index contributed by atoms with van der Waals surface area (Å²) in [5.74, 6) is 0.777. The first kappa shape index (κ1) is 14.5. The third-order valence-electron chi connectivity index (χ3n) is 2.67. The van der Waals surface area contributed by atoms with Gasteiger partial charge in [-0.1, -0.05) is 32.0 Å². The van der Waals surface area contributed by atoms with Gasteiger partial charge >= 0.3 is 0 Å². The van der Waals surface area contributed by atoms with Gasteiger partial charge in [0.15, 0.2) is 0 Å². The van der Waals surface area contributed by atoms with Gasteiger partial charge in [-0.3, -0.25) is 4.79 Å². The Bertz CT molecular complexity index is 352. The van der Waals surface area contributed by atoms with Crippen LogP contribution in [0.3, 0.4) is 0 Å². The molecule has 3 N–H and O–H groups in total. The number of carbonyl (C=O) groups is 1. The molecule has 0 aromatic heterocycles. The standard InChI is InChI=1S/C14H22N2O2/c1-11(2)13(14(15)17)16-9-6-10-18-12-7-4-3-5-8-12/h3-5,7-8,11,13,16H,6,9-10H2,1-2H3,(H2,15,17). The van der Waals surface area contributed by atoms with Crippen LogP contribution in [0.15, 0.2) is 30.3 Å². The van der Waals surface area contributed by atoms with E-state index in [1.165, 1.54) is 0 Å². The first-order valence-corrected chi connectivity index (χ1v) is 6.32. The smallest absolute Gasteiger partial charge is 0.234 e. The lowest BCUT2D eigenvalue weighted by Gasteiger charge is -2.18. The second-order valence-electron chi connectivity index (χ2n) is 4.59. The molecule has 0 aliphatic heterocycles. The number of nitrogens with one attached hydrogen (secondary N) is 1. The minimum absolute atomic E-state index is 0.206. The van der Waals surface area contributed by atoms with Crippen molar-refractivity contribution >= 4 is 5.91 Å². The fourth-order valence-electron chi connectivity index (χ4n) is 1.70. The van der Waals surface area contributed by atoms with Crippen LogP contribution in [0.25, 0.3) is 0 Å². The van der Waals surface area contributed by atoms with Crippen LogP contribution in [0.4, 0.5) is 0 Å². The maximum Gasteiger partial charge on any atom is 0.234 e. The van der Waals surface area contributed by atoms with Gasteiger partial charge in [-0.15, -0.1) is 0 Å². The van der Waals surface area contributed by atoms with Gasteiger partial charge in [0, 0.05) is 0 Å². The average Bonchev–Trinajstić information content (AvgIpc) is 2.34. The van der Waals surface area contributed by atoms with Gasteiger partial charge in [0.2, 0.25) is 5.91 Å². The molecule has 0 aliphatic rings. The molecule has 0 saturated heterocycles. The lowest BCUT2D eigenvalue weighted by Crippen LogP contribution is -2.45. The molecule has 0 spiro atoms. The molecule has 0 bridgehead atoms. The van der Waals surface area contributed by atoms with Crippen LogP contribution < -0.4 is 15.8 Å². The number of hydrogen-bond acceptors (Lipinski definition) is 3. The maximum atomic E-state index is 11.2. The van der Waals surface area contributed by atoms with Gasteiger partial charge in [-0.2, -0.15) is 0 Å². The van der Waals surface area contributed by atoms with Crippen molar-refractivity contribution in [3.05, 3.63) is 30.3 Å². The summed E-state index contributed by atoms with van der Waals surface area (Å²) in [5, 5.41) is 3.15. The molecule has 0 radical (unpaired) electrons. The molecule has 0 saturated carbocycles. The van der Waals surface area contributed by atoms with Gasteiger partial charge in [0.05, 0.1) is 12.6 Å². The summed E-state index contributed by atoms with van der Waals surface area (Å²) in [7, 11) is 0. The molecule has 18 heavy (non-hydrogen) atoms. The first-order valence-electron chi connectivity index (χ1n) is 6.32. The van der Waals surface area contributed by atoms with Crippen molar-refractivity contribution in [2.75, 3.05) is 13.2 Å². The largest absolute Gasteiger partial charge is 0.494 e. The molecule has 1 amide bonds. The van der Waals surface area contributed by atoms with E-state index in [4.69, 9.17) is 10.5 Å². The van der Waals surface area contributed by atoms with Crippen LogP contribution >= 0.6 is 0 Å². The van der Waals surface area contributed by atoms with Crippen LogP contribution in [-0.4, -0.2) is 25.1 Å². The van der Waals surface area contributed by atoms with Crippen molar-refractivity contribution in [1.29, 1.82) is 0 Å². The molecular weight excluding hydrogens is 228 g/mol. The van der Waals surface area contributed by atoms with Crippen molar-refractivity contribution < 1.29 is 9.53 Å². The number of benzene rings is 1. The predicted octanol–water partition coefficient (Wildman–Crippen LogP) is 1.55. The monoisotopic (exact) mass is 250 g/mol. The number of nitrogens with two attached hydrogens (primary N) is 1. The van der Waals surface area contributed by atoms with E-state index in [0.717, 1.165) is 18.7 Å². The molecule has 0 heterocycles. The summed E-state index contributed by atoms with van der Waals surface area (Å²) < 4.78 is 5.55. The van der Waals surface area contributed by atoms with E-state index < -0.39 is 0 Å². The molecule has 4 heteroatoms.